The molecule has 2 aromatic carbocycles. The molecule has 0 aromatic heterocycles. The SMILES string of the molecule is CC[C@H](c1ccc(OC)cc1)[C@@H](CCC(=O)OCCOC(C)=O)c1ccc(OC)cc1. The molecule has 0 saturated carbocycles. The third-order valence-corrected chi connectivity index (χ3v) is 5.32. The molecule has 0 fully saturated rings. The Hall–Kier alpha value is -3.02. The lowest BCUT2D eigenvalue weighted by molar-refractivity contribution is -0.151. The van der Waals surface area contributed by atoms with Gasteiger partial charge in [-0.2, -0.15) is 0 Å². The van der Waals surface area contributed by atoms with E-state index in [-0.39, 0.29) is 43.4 Å². The molecular formula is C25H32O6. The van der Waals surface area contributed by atoms with E-state index < -0.39 is 0 Å². The van der Waals surface area contributed by atoms with Crippen LogP contribution in [-0.4, -0.2) is 39.4 Å². The van der Waals surface area contributed by atoms with Crippen LogP contribution in [0.1, 0.15) is 56.1 Å². The largest absolute Gasteiger partial charge is 0.497 e. The van der Waals surface area contributed by atoms with Crippen molar-refractivity contribution in [1.82, 2.24) is 0 Å². The maximum absolute atomic E-state index is 12.3. The monoisotopic (exact) mass is 428 g/mol. The van der Waals surface area contributed by atoms with Gasteiger partial charge in [0.25, 0.3) is 0 Å². The third kappa shape index (κ3) is 7.63. The maximum atomic E-state index is 12.3. The second-order valence-corrected chi connectivity index (χ2v) is 7.27. The van der Waals surface area contributed by atoms with Gasteiger partial charge in [0.05, 0.1) is 14.2 Å². The Morgan fingerprint density at radius 3 is 1.71 bits per heavy atom. The van der Waals surface area contributed by atoms with Crippen LogP contribution in [0.15, 0.2) is 48.5 Å². The maximum Gasteiger partial charge on any atom is 0.305 e. The normalized spacial score (nSPS) is 12.5. The summed E-state index contributed by atoms with van der Waals surface area (Å²) >= 11 is 0. The summed E-state index contributed by atoms with van der Waals surface area (Å²) in [5.74, 6) is 1.29. The minimum absolute atomic E-state index is 0.0707. The van der Waals surface area contributed by atoms with Crippen LogP contribution < -0.4 is 9.47 Å². The first-order chi connectivity index (χ1) is 15.0. The average molecular weight is 429 g/mol. The number of ether oxygens (including phenoxy) is 4. The van der Waals surface area contributed by atoms with Crippen molar-refractivity contribution in [3.8, 4) is 11.5 Å². The van der Waals surface area contributed by atoms with E-state index in [9.17, 15) is 9.59 Å². The van der Waals surface area contributed by atoms with Crippen molar-refractivity contribution in [3.05, 3.63) is 59.7 Å². The second-order valence-electron chi connectivity index (χ2n) is 7.27. The van der Waals surface area contributed by atoms with Crippen LogP contribution >= 0.6 is 0 Å². The Balaban J connectivity index is 2.14. The van der Waals surface area contributed by atoms with Crippen molar-refractivity contribution in [3.63, 3.8) is 0 Å². The average Bonchev–Trinajstić information content (AvgIpc) is 2.79. The fourth-order valence-electron chi connectivity index (χ4n) is 3.74. The quantitative estimate of drug-likeness (QED) is 0.355. The Morgan fingerprint density at radius 1 is 0.774 bits per heavy atom. The molecule has 2 aromatic rings. The minimum atomic E-state index is -0.388. The molecule has 0 aliphatic heterocycles. The molecule has 0 amide bonds. The molecule has 0 radical (unpaired) electrons. The Labute approximate surface area is 184 Å². The second kappa shape index (κ2) is 12.6. The van der Waals surface area contributed by atoms with Gasteiger partial charge in [0, 0.05) is 13.3 Å². The first kappa shape index (κ1) is 24.3. The number of benzene rings is 2. The lowest BCUT2D eigenvalue weighted by atomic mass is 9.77. The summed E-state index contributed by atoms with van der Waals surface area (Å²) in [7, 11) is 3.30. The number of hydrogen-bond donors (Lipinski definition) is 0. The minimum Gasteiger partial charge on any atom is -0.497 e. The van der Waals surface area contributed by atoms with Gasteiger partial charge in [0.2, 0.25) is 0 Å². The molecule has 2 atom stereocenters. The zero-order chi connectivity index (χ0) is 22.6. The van der Waals surface area contributed by atoms with Gasteiger partial charge in [-0.15, -0.1) is 0 Å². The zero-order valence-corrected chi connectivity index (χ0v) is 18.8. The number of carbonyl (C=O) groups is 2. The van der Waals surface area contributed by atoms with Gasteiger partial charge in [0.15, 0.2) is 0 Å². The van der Waals surface area contributed by atoms with E-state index in [2.05, 4.69) is 31.2 Å². The Bertz CT molecular complexity index is 813. The fourth-order valence-corrected chi connectivity index (χ4v) is 3.74. The van der Waals surface area contributed by atoms with Gasteiger partial charge < -0.3 is 18.9 Å². The molecule has 168 valence electrons. The summed E-state index contributed by atoms with van der Waals surface area (Å²) in [4.78, 5) is 23.1. The molecule has 31 heavy (non-hydrogen) atoms. The molecule has 0 heterocycles. The van der Waals surface area contributed by atoms with Gasteiger partial charge in [-0.25, -0.2) is 0 Å². The van der Waals surface area contributed by atoms with Crippen molar-refractivity contribution in [2.45, 2.75) is 44.9 Å². The van der Waals surface area contributed by atoms with Gasteiger partial charge in [-0.3, -0.25) is 9.59 Å². The first-order valence-corrected chi connectivity index (χ1v) is 10.5. The zero-order valence-electron chi connectivity index (χ0n) is 18.8. The number of rotatable bonds is 12. The molecule has 0 unspecified atom stereocenters. The molecular weight excluding hydrogens is 396 g/mol. The van der Waals surface area contributed by atoms with Crippen molar-refractivity contribution < 1.29 is 28.5 Å². The Kier molecular flexibility index (Phi) is 9.88. The van der Waals surface area contributed by atoms with Crippen LogP contribution in [0.2, 0.25) is 0 Å². The van der Waals surface area contributed by atoms with Gasteiger partial charge in [-0.1, -0.05) is 31.2 Å². The van der Waals surface area contributed by atoms with Crippen molar-refractivity contribution >= 4 is 11.9 Å². The van der Waals surface area contributed by atoms with Crippen molar-refractivity contribution in [2.24, 2.45) is 0 Å². The van der Waals surface area contributed by atoms with Gasteiger partial charge in [-0.05, 0) is 60.1 Å². The molecule has 0 N–H and O–H groups in total. The van der Waals surface area contributed by atoms with Crippen LogP contribution in [0.4, 0.5) is 0 Å². The van der Waals surface area contributed by atoms with Crippen LogP contribution in [0.5, 0.6) is 11.5 Å². The smallest absolute Gasteiger partial charge is 0.305 e. The summed E-state index contributed by atoms with van der Waals surface area (Å²) < 4.78 is 20.6. The lowest BCUT2D eigenvalue weighted by Gasteiger charge is -2.27. The standard InChI is InChI=1S/C25H32O6/c1-5-23(19-6-10-21(28-3)11-7-19)24(20-8-12-22(29-4)13-9-20)14-15-25(27)31-17-16-30-18(2)26/h6-13,23-24H,5,14-17H2,1-4H3/t23-,24+/m1/s1. The van der Waals surface area contributed by atoms with E-state index in [4.69, 9.17) is 18.9 Å². The number of carbonyl (C=O) groups excluding carboxylic acids is 2. The van der Waals surface area contributed by atoms with Crippen LogP contribution in [0.3, 0.4) is 0 Å². The topological polar surface area (TPSA) is 71.1 Å². The molecule has 0 spiro atoms. The van der Waals surface area contributed by atoms with Gasteiger partial charge in [0.1, 0.15) is 24.7 Å². The number of esters is 2. The highest BCUT2D eigenvalue weighted by Gasteiger charge is 2.25. The van der Waals surface area contributed by atoms with E-state index in [0.29, 0.717) is 6.42 Å². The van der Waals surface area contributed by atoms with E-state index in [0.717, 1.165) is 23.5 Å². The first-order valence-electron chi connectivity index (χ1n) is 10.5. The predicted molar refractivity (Wildman–Crippen MR) is 119 cm³/mol. The van der Waals surface area contributed by atoms with E-state index >= 15 is 0 Å². The van der Waals surface area contributed by atoms with Crippen molar-refractivity contribution in [1.29, 1.82) is 0 Å². The predicted octanol–water partition coefficient (Wildman–Crippen LogP) is 4.87. The van der Waals surface area contributed by atoms with Gasteiger partial charge >= 0.3 is 11.9 Å². The summed E-state index contributed by atoms with van der Waals surface area (Å²) in [6, 6.07) is 16.1. The summed E-state index contributed by atoms with van der Waals surface area (Å²) in [5, 5.41) is 0. The summed E-state index contributed by atoms with van der Waals surface area (Å²) in [5.41, 5.74) is 2.35. The lowest BCUT2D eigenvalue weighted by Crippen LogP contribution is -2.16. The highest BCUT2D eigenvalue weighted by Crippen LogP contribution is 2.39. The van der Waals surface area contributed by atoms with E-state index in [1.807, 2.05) is 24.3 Å². The van der Waals surface area contributed by atoms with E-state index in [1.165, 1.54) is 12.5 Å². The summed E-state index contributed by atoms with van der Waals surface area (Å²) in [6.45, 7) is 3.63. The number of hydrogen-bond acceptors (Lipinski definition) is 6. The highest BCUT2D eigenvalue weighted by molar-refractivity contribution is 5.69. The van der Waals surface area contributed by atoms with Crippen LogP contribution in [-0.2, 0) is 19.1 Å². The van der Waals surface area contributed by atoms with E-state index in [1.54, 1.807) is 14.2 Å². The van der Waals surface area contributed by atoms with Crippen LogP contribution in [0, 0.1) is 0 Å². The molecule has 0 aliphatic rings. The molecule has 0 bridgehead atoms. The summed E-state index contributed by atoms with van der Waals surface area (Å²) in [6.07, 6.45) is 1.84. The van der Waals surface area contributed by atoms with Crippen molar-refractivity contribution in [2.75, 3.05) is 27.4 Å². The molecule has 6 nitrogen and oxygen atoms in total. The van der Waals surface area contributed by atoms with Crippen LogP contribution in [0.25, 0.3) is 0 Å². The fraction of sp³-hybridized carbons (Fsp3) is 0.440. The highest BCUT2D eigenvalue weighted by atomic mass is 16.6. The number of methoxy groups -OCH3 is 2. The Morgan fingerprint density at radius 2 is 1.26 bits per heavy atom. The molecule has 2 rings (SSSR count). The molecule has 0 aliphatic carbocycles. The third-order valence-electron chi connectivity index (χ3n) is 5.32. The molecule has 6 heteroatoms. The molecule has 0 saturated heterocycles.